The summed E-state index contributed by atoms with van der Waals surface area (Å²) in [6, 6.07) is 7.09. The van der Waals surface area contributed by atoms with Crippen LogP contribution in [0.15, 0.2) is 29.8 Å². The van der Waals surface area contributed by atoms with Gasteiger partial charge in [-0.3, -0.25) is 0 Å². The minimum absolute atomic E-state index is 0.125. The fourth-order valence-corrected chi connectivity index (χ4v) is 1.58. The number of aromatic hydroxyl groups is 1. The Balaban J connectivity index is 2.21. The van der Waals surface area contributed by atoms with Gasteiger partial charge >= 0.3 is 0 Å². The minimum Gasteiger partial charge on any atom is -0.508 e. The van der Waals surface area contributed by atoms with Crippen molar-refractivity contribution in [3.63, 3.8) is 0 Å². The van der Waals surface area contributed by atoms with Crippen LogP contribution >= 0.6 is 0 Å². The first-order valence-corrected chi connectivity index (χ1v) is 4.90. The largest absolute Gasteiger partial charge is 0.508 e. The quantitative estimate of drug-likeness (QED) is 0.767. The molecule has 2 rings (SSSR count). The van der Waals surface area contributed by atoms with Crippen molar-refractivity contribution in [3.05, 3.63) is 35.4 Å². The van der Waals surface area contributed by atoms with Crippen LogP contribution in [0.2, 0.25) is 0 Å². The van der Waals surface area contributed by atoms with Gasteiger partial charge in [-0.15, -0.1) is 0 Å². The molecule has 74 valence electrons. The summed E-state index contributed by atoms with van der Waals surface area (Å²) in [6.07, 6.45) is 4.34. The molecule has 0 radical (unpaired) electrons. The number of hydrogen-bond donors (Lipinski definition) is 2. The van der Waals surface area contributed by atoms with Crippen molar-refractivity contribution < 1.29 is 10.2 Å². The number of benzene rings is 1. The van der Waals surface area contributed by atoms with Gasteiger partial charge in [0, 0.05) is 0 Å². The molecular weight excluding hydrogens is 176 g/mol. The Hall–Kier alpha value is -1.28. The van der Waals surface area contributed by atoms with Gasteiger partial charge in [-0.2, -0.15) is 0 Å². The summed E-state index contributed by atoms with van der Waals surface area (Å²) < 4.78 is 0. The molecular formula is C12H14O2. The average Bonchev–Trinajstić information content (AvgIpc) is 2.97. The lowest BCUT2D eigenvalue weighted by Crippen LogP contribution is -1.92. The highest BCUT2D eigenvalue weighted by molar-refractivity contribution is 5.56. The average molecular weight is 190 g/mol. The Morgan fingerprint density at radius 2 is 2.21 bits per heavy atom. The van der Waals surface area contributed by atoms with Crippen molar-refractivity contribution >= 4 is 6.08 Å². The predicted molar refractivity (Wildman–Crippen MR) is 55.9 cm³/mol. The van der Waals surface area contributed by atoms with Crippen LogP contribution in [0.1, 0.15) is 18.4 Å². The van der Waals surface area contributed by atoms with Gasteiger partial charge in [-0.25, -0.2) is 0 Å². The fourth-order valence-electron chi connectivity index (χ4n) is 1.58. The van der Waals surface area contributed by atoms with Crippen LogP contribution in [-0.4, -0.2) is 16.8 Å². The van der Waals surface area contributed by atoms with E-state index in [-0.39, 0.29) is 12.4 Å². The molecule has 1 fully saturated rings. The SMILES string of the molecule is OC/C(=C\c1cccc(O)c1)C1CC1. The van der Waals surface area contributed by atoms with Gasteiger partial charge in [0.25, 0.3) is 0 Å². The van der Waals surface area contributed by atoms with Gasteiger partial charge in [0.05, 0.1) is 6.61 Å². The molecule has 0 bridgehead atoms. The topological polar surface area (TPSA) is 40.5 Å². The number of rotatable bonds is 3. The molecule has 0 amide bonds. The van der Waals surface area contributed by atoms with Gasteiger partial charge in [-0.05, 0) is 42.0 Å². The summed E-state index contributed by atoms with van der Waals surface area (Å²) >= 11 is 0. The van der Waals surface area contributed by atoms with E-state index in [4.69, 9.17) is 5.11 Å². The second kappa shape index (κ2) is 3.84. The Kier molecular flexibility index (Phi) is 2.55. The van der Waals surface area contributed by atoms with Gasteiger partial charge < -0.3 is 10.2 Å². The smallest absolute Gasteiger partial charge is 0.116 e. The van der Waals surface area contributed by atoms with E-state index in [2.05, 4.69) is 0 Å². The third kappa shape index (κ3) is 2.15. The van der Waals surface area contributed by atoms with Crippen molar-refractivity contribution in [2.75, 3.05) is 6.61 Å². The van der Waals surface area contributed by atoms with Crippen LogP contribution in [0.25, 0.3) is 6.08 Å². The first kappa shape index (κ1) is 9.28. The van der Waals surface area contributed by atoms with E-state index in [1.807, 2.05) is 18.2 Å². The lowest BCUT2D eigenvalue weighted by atomic mass is 10.1. The molecule has 1 aliphatic carbocycles. The van der Waals surface area contributed by atoms with E-state index in [0.717, 1.165) is 11.1 Å². The first-order valence-electron chi connectivity index (χ1n) is 4.90. The van der Waals surface area contributed by atoms with Crippen LogP contribution in [0.4, 0.5) is 0 Å². The summed E-state index contributed by atoms with van der Waals surface area (Å²) in [5.41, 5.74) is 2.04. The molecule has 0 aromatic heterocycles. The summed E-state index contributed by atoms with van der Waals surface area (Å²) in [5.74, 6) is 0.842. The maximum absolute atomic E-state index is 9.26. The van der Waals surface area contributed by atoms with E-state index in [1.165, 1.54) is 12.8 Å². The molecule has 2 heteroatoms. The molecule has 0 atom stereocenters. The summed E-state index contributed by atoms with van der Waals surface area (Å²) in [4.78, 5) is 0. The van der Waals surface area contributed by atoms with E-state index in [0.29, 0.717) is 5.92 Å². The lowest BCUT2D eigenvalue weighted by molar-refractivity contribution is 0.326. The normalized spacial score (nSPS) is 17.1. The van der Waals surface area contributed by atoms with E-state index in [1.54, 1.807) is 12.1 Å². The number of aliphatic hydroxyl groups is 1. The fraction of sp³-hybridized carbons (Fsp3) is 0.333. The molecule has 1 saturated carbocycles. The van der Waals surface area contributed by atoms with Crippen LogP contribution in [0.5, 0.6) is 5.75 Å². The second-order valence-electron chi connectivity index (χ2n) is 3.75. The molecule has 1 aromatic rings. The van der Waals surface area contributed by atoms with Gasteiger partial charge in [-0.1, -0.05) is 18.2 Å². The zero-order valence-electron chi connectivity index (χ0n) is 7.98. The number of phenols is 1. The summed E-state index contributed by atoms with van der Waals surface area (Å²) in [7, 11) is 0. The summed E-state index contributed by atoms with van der Waals surface area (Å²) in [6.45, 7) is 0.125. The zero-order valence-corrected chi connectivity index (χ0v) is 7.98. The van der Waals surface area contributed by atoms with E-state index >= 15 is 0 Å². The Morgan fingerprint density at radius 3 is 2.79 bits per heavy atom. The third-order valence-corrected chi connectivity index (χ3v) is 2.51. The Morgan fingerprint density at radius 1 is 1.43 bits per heavy atom. The highest BCUT2D eigenvalue weighted by atomic mass is 16.3. The first-order chi connectivity index (χ1) is 6.79. The Labute approximate surface area is 83.5 Å². The molecule has 0 spiro atoms. The molecule has 2 nitrogen and oxygen atoms in total. The zero-order chi connectivity index (χ0) is 9.97. The molecule has 1 aliphatic rings. The molecule has 2 N–H and O–H groups in total. The minimum atomic E-state index is 0.125. The summed E-state index contributed by atoms with van der Waals surface area (Å²) in [5, 5.41) is 18.4. The van der Waals surface area contributed by atoms with Crippen LogP contribution in [-0.2, 0) is 0 Å². The van der Waals surface area contributed by atoms with Crippen LogP contribution in [0, 0.1) is 5.92 Å². The maximum Gasteiger partial charge on any atom is 0.116 e. The van der Waals surface area contributed by atoms with Gasteiger partial charge in [0.1, 0.15) is 5.75 Å². The third-order valence-electron chi connectivity index (χ3n) is 2.51. The van der Waals surface area contributed by atoms with E-state index < -0.39 is 0 Å². The van der Waals surface area contributed by atoms with Crippen molar-refractivity contribution in [2.24, 2.45) is 5.92 Å². The lowest BCUT2D eigenvalue weighted by Gasteiger charge is -2.01. The highest BCUT2D eigenvalue weighted by Crippen LogP contribution is 2.37. The maximum atomic E-state index is 9.26. The molecule has 0 heterocycles. The molecule has 0 unspecified atom stereocenters. The number of hydrogen-bond acceptors (Lipinski definition) is 2. The number of aliphatic hydroxyl groups excluding tert-OH is 1. The van der Waals surface area contributed by atoms with E-state index in [9.17, 15) is 5.11 Å². The van der Waals surface area contributed by atoms with Crippen LogP contribution < -0.4 is 0 Å². The standard InChI is InChI=1S/C12H14O2/c13-8-11(10-4-5-10)6-9-2-1-3-12(14)7-9/h1-3,6-7,10,13-14H,4-5,8H2/b11-6+. The van der Waals surface area contributed by atoms with Gasteiger partial charge in [0.15, 0.2) is 0 Å². The van der Waals surface area contributed by atoms with Crippen molar-refractivity contribution in [2.45, 2.75) is 12.8 Å². The van der Waals surface area contributed by atoms with Gasteiger partial charge in [0.2, 0.25) is 0 Å². The van der Waals surface area contributed by atoms with Crippen molar-refractivity contribution in [1.29, 1.82) is 0 Å². The van der Waals surface area contributed by atoms with Crippen molar-refractivity contribution in [3.8, 4) is 5.75 Å². The molecule has 14 heavy (non-hydrogen) atoms. The molecule has 0 aliphatic heterocycles. The van der Waals surface area contributed by atoms with Crippen LogP contribution in [0.3, 0.4) is 0 Å². The predicted octanol–water partition coefficient (Wildman–Crippen LogP) is 2.18. The monoisotopic (exact) mass is 190 g/mol. The molecule has 0 saturated heterocycles. The molecule has 1 aromatic carbocycles. The van der Waals surface area contributed by atoms with Crippen molar-refractivity contribution in [1.82, 2.24) is 0 Å². The Bertz CT molecular complexity index is 351. The highest BCUT2D eigenvalue weighted by Gasteiger charge is 2.24. The number of phenolic OH excluding ortho intramolecular Hbond substituents is 1. The second-order valence-corrected chi connectivity index (χ2v) is 3.75.